The van der Waals surface area contributed by atoms with E-state index in [2.05, 4.69) is 0 Å². The van der Waals surface area contributed by atoms with Crippen molar-refractivity contribution in [1.29, 1.82) is 0 Å². The highest BCUT2D eigenvalue weighted by Gasteiger charge is 1.97. The minimum atomic E-state index is 0.898. The van der Waals surface area contributed by atoms with Crippen molar-refractivity contribution in [2.45, 2.75) is 6.92 Å². The van der Waals surface area contributed by atoms with Gasteiger partial charge < -0.3 is 5.73 Å². The van der Waals surface area contributed by atoms with E-state index < -0.39 is 0 Å². The van der Waals surface area contributed by atoms with E-state index >= 15 is 0 Å². The van der Waals surface area contributed by atoms with Crippen LogP contribution in [0.15, 0.2) is 30.5 Å². The van der Waals surface area contributed by atoms with Crippen molar-refractivity contribution in [2.75, 3.05) is 0 Å². The smallest absolute Gasteiger partial charge is 0.0452 e. The second-order valence-electron chi connectivity index (χ2n) is 2.51. The van der Waals surface area contributed by atoms with Gasteiger partial charge in [0.05, 0.1) is 0 Å². The highest BCUT2D eigenvalue weighted by Crippen LogP contribution is 2.21. The topological polar surface area (TPSA) is 52.0 Å². The van der Waals surface area contributed by atoms with Crippen LogP contribution in [0, 0.1) is 6.92 Å². The van der Waals surface area contributed by atoms with Crippen molar-refractivity contribution in [3.63, 3.8) is 0 Å². The number of aryl methyl sites for hydroxylation is 1. The van der Waals surface area contributed by atoms with E-state index in [-0.39, 0.29) is 0 Å². The zero-order valence-electron chi connectivity index (χ0n) is 6.95. The Morgan fingerprint density at radius 1 is 1.33 bits per heavy atom. The second-order valence-corrected chi connectivity index (χ2v) is 3.19. The third-order valence-electron chi connectivity index (χ3n) is 1.61. The molecule has 2 nitrogen and oxygen atoms in total. The van der Waals surface area contributed by atoms with Crippen molar-refractivity contribution in [2.24, 2.45) is 10.9 Å². The molecule has 0 bridgehead atoms. The molecule has 0 aliphatic heterocycles. The van der Waals surface area contributed by atoms with Gasteiger partial charge in [-0.25, -0.2) is 0 Å². The summed E-state index contributed by atoms with van der Waals surface area (Å²) in [4.78, 5) is 0.898. The molecule has 0 amide bonds. The summed E-state index contributed by atoms with van der Waals surface area (Å²) in [6, 6.07) is 8.09. The van der Waals surface area contributed by atoms with Gasteiger partial charge >= 0.3 is 0 Å². The highest BCUT2D eigenvalue weighted by atomic mass is 32.2. The maximum Gasteiger partial charge on any atom is 0.0452 e. The third kappa shape index (κ3) is 2.03. The Balaban J connectivity index is 2.96. The number of hydrogen-bond donors (Lipinski definition) is 2. The molecule has 0 radical (unpaired) electrons. The van der Waals surface area contributed by atoms with Gasteiger partial charge in [0, 0.05) is 11.1 Å². The Morgan fingerprint density at radius 2 is 1.92 bits per heavy atom. The van der Waals surface area contributed by atoms with E-state index in [0.29, 0.717) is 0 Å². The van der Waals surface area contributed by atoms with Gasteiger partial charge in [-0.05, 0) is 24.4 Å². The summed E-state index contributed by atoms with van der Waals surface area (Å²) in [5, 5.41) is 5.42. The molecule has 3 heteroatoms. The minimum Gasteiger partial charge on any atom is -0.404 e. The van der Waals surface area contributed by atoms with Crippen LogP contribution in [0.5, 0.6) is 0 Å². The quantitative estimate of drug-likeness (QED) is 0.683. The number of hydrogen-bond acceptors (Lipinski definition) is 3. The lowest BCUT2D eigenvalue weighted by Gasteiger charge is -2.02. The fourth-order valence-corrected chi connectivity index (χ4v) is 1.27. The van der Waals surface area contributed by atoms with Gasteiger partial charge in [-0.15, -0.1) is 0 Å². The Bertz CT molecular complexity index is 277. The van der Waals surface area contributed by atoms with E-state index in [1.165, 1.54) is 11.8 Å². The first-order valence-corrected chi connectivity index (χ1v) is 4.51. The molecule has 0 aliphatic carbocycles. The summed E-state index contributed by atoms with van der Waals surface area (Å²) >= 11 is 1.16. The van der Waals surface area contributed by atoms with Crippen LogP contribution in [-0.2, 0) is 0 Å². The lowest BCUT2D eigenvalue weighted by atomic mass is 10.1. The largest absolute Gasteiger partial charge is 0.404 e. The number of nitrogens with two attached hydrogens (primary N) is 2. The second kappa shape index (κ2) is 4.18. The summed E-state index contributed by atoms with van der Waals surface area (Å²) in [6.45, 7) is 2.05. The maximum atomic E-state index is 5.42. The van der Waals surface area contributed by atoms with Gasteiger partial charge in [-0.1, -0.05) is 29.8 Å². The molecule has 0 saturated carbocycles. The standard InChI is InChI=1S/C9H12N2S/c1-7-2-4-8(5-3-7)9(6-10)12-11/h2-6H,10-11H2,1H3/b9-6-. The van der Waals surface area contributed by atoms with Gasteiger partial charge in [0.2, 0.25) is 0 Å². The van der Waals surface area contributed by atoms with E-state index in [4.69, 9.17) is 10.9 Å². The summed E-state index contributed by atoms with van der Waals surface area (Å²) < 4.78 is 0. The number of benzene rings is 1. The molecule has 0 saturated heterocycles. The average Bonchev–Trinajstić information content (AvgIpc) is 2.10. The molecular formula is C9H12N2S. The van der Waals surface area contributed by atoms with Crippen molar-refractivity contribution in [3.05, 3.63) is 41.6 Å². The number of rotatable bonds is 2. The van der Waals surface area contributed by atoms with Crippen LogP contribution in [0.3, 0.4) is 0 Å². The monoisotopic (exact) mass is 180 g/mol. The Labute approximate surface area is 76.8 Å². The summed E-state index contributed by atoms with van der Waals surface area (Å²) in [7, 11) is 0. The zero-order chi connectivity index (χ0) is 8.97. The van der Waals surface area contributed by atoms with Gasteiger partial charge in [-0.2, -0.15) is 0 Å². The Hall–Kier alpha value is -0.930. The average molecular weight is 180 g/mol. The molecule has 0 fully saturated rings. The summed E-state index contributed by atoms with van der Waals surface area (Å²) in [5.41, 5.74) is 7.69. The molecule has 1 aromatic carbocycles. The molecule has 1 aromatic rings. The predicted octanol–water partition coefficient (Wildman–Crippen LogP) is 1.86. The zero-order valence-corrected chi connectivity index (χ0v) is 7.77. The molecule has 0 aromatic heterocycles. The highest BCUT2D eigenvalue weighted by molar-refractivity contribution is 8.06. The molecular weight excluding hydrogens is 168 g/mol. The third-order valence-corrected chi connectivity index (χ3v) is 2.24. The first-order valence-electron chi connectivity index (χ1n) is 3.63. The van der Waals surface area contributed by atoms with Crippen LogP contribution >= 0.6 is 11.9 Å². The van der Waals surface area contributed by atoms with Crippen molar-refractivity contribution < 1.29 is 0 Å². The van der Waals surface area contributed by atoms with Crippen molar-refractivity contribution >= 4 is 16.9 Å². The normalized spacial score (nSPS) is 11.7. The summed E-state index contributed by atoms with van der Waals surface area (Å²) in [5.74, 6) is 0. The minimum absolute atomic E-state index is 0.898. The van der Waals surface area contributed by atoms with Gasteiger partial charge in [0.25, 0.3) is 0 Å². The molecule has 0 unspecified atom stereocenters. The molecule has 1 rings (SSSR count). The predicted molar refractivity (Wildman–Crippen MR) is 55.1 cm³/mol. The SMILES string of the molecule is Cc1ccc(/C(=C/N)SN)cc1. The molecule has 0 heterocycles. The van der Waals surface area contributed by atoms with Gasteiger partial charge in [0.1, 0.15) is 0 Å². The van der Waals surface area contributed by atoms with Gasteiger partial charge in [0.15, 0.2) is 0 Å². The molecule has 12 heavy (non-hydrogen) atoms. The van der Waals surface area contributed by atoms with E-state index in [1.54, 1.807) is 0 Å². The fourth-order valence-electron chi connectivity index (χ4n) is 0.921. The van der Waals surface area contributed by atoms with Crippen LogP contribution in [0.1, 0.15) is 11.1 Å². The molecule has 0 spiro atoms. The first-order chi connectivity index (χ1) is 5.77. The molecule has 0 atom stereocenters. The lowest BCUT2D eigenvalue weighted by Crippen LogP contribution is -1.89. The molecule has 64 valence electrons. The van der Waals surface area contributed by atoms with E-state index in [1.807, 2.05) is 31.2 Å². The van der Waals surface area contributed by atoms with Gasteiger partial charge in [-0.3, -0.25) is 5.14 Å². The maximum absolute atomic E-state index is 5.42. The fraction of sp³-hybridized carbons (Fsp3) is 0.111. The van der Waals surface area contributed by atoms with Crippen LogP contribution in [0.4, 0.5) is 0 Å². The first kappa shape index (κ1) is 9.16. The van der Waals surface area contributed by atoms with Crippen LogP contribution in [0.2, 0.25) is 0 Å². The Morgan fingerprint density at radius 3 is 2.33 bits per heavy atom. The van der Waals surface area contributed by atoms with E-state index in [0.717, 1.165) is 22.4 Å². The van der Waals surface area contributed by atoms with Crippen LogP contribution < -0.4 is 10.9 Å². The van der Waals surface area contributed by atoms with Crippen LogP contribution in [0.25, 0.3) is 4.91 Å². The molecule has 0 aliphatic rings. The van der Waals surface area contributed by atoms with E-state index in [9.17, 15) is 0 Å². The lowest BCUT2D eigenvalue weighted by molar-refractivity contribution is 1.46. The Kier molecular flexibility index (Phi) is 3.19. The van der Waals surface area contributed by atoms with Crippen molar-refractivity contribution in [3.8, 4) is 0 Å². The van der Waals surface area contributed by atoms with Crippen molar-refractivity contribution in [1.82, 2.24) is 0 Å². The summed E-state index contributed by atoms with van der Waals surface area (Å²) in [6.07, 6.45) is 1.52. The molecule has 4 N–H and O–H groups in total. The van der Waals surface area contributed by atoms with Crippen LogP contribution in [-0.4, -0.2) is 0 Å².